The van der Waals surface area contributed by atoms with Crippen LogP contribution < -0.4 is 0 Å². The normalized spacial score (nSPS) is 17.9. The number of hydrogen-bond acceptors (Lipinski definition) is 2. The molecule has 20 heavy (non-hydrogen) atoms. The van der Waals surface area contributed by atoms with E-state index in [0.29, 0.717) is 5.88 Å². The highest BCUT2D eigenvalue weighted by Gasteiger charge is 2.28. The van der Waals surface area contributed by atoms with Gasteiger partial charge in [-0.25, -0.2) is 0 Å². The Balaban J connectivity index is 1.88. The Morgan fingerprint density at radius 2 is 2.30 bits per heavy atom. The Bertz CT molecular complexity index is 637. The van der Waals surface area contributed by atoms with Crippen LogP contribution in [0.2, 0.25) is 0 Å². The molecule has 1 aliphatic rings. The highest BCUT2D eigenvalue weighted by atomic mass is 35.5. The summed E-state index contributed by atoms with van der Waals surface area (Å²) in [6, 6.07) is 9.89. The molecule has 1 amide bonds. The van der Waals surface area contributed by atoms with Crippen molar-refractivity contribution >= 4 is 28.8 Å². The quantitative estimate of drug-likeness (QED) is 0.760. The molecule has 0 N–H and O–H groups in total. The van der Waals surface area contributed by atoms with Gasteiger partial charge in [0.15, 0.2) is 0 Å². The van der Waals surface area contributed by atoms with Crippen molar-refractivity contribution in [1.82, 2.24) is 4.90 Å². The summed E-state index contributed by atoms with van der Waals surface area (Å²) in [5.74, 6) is 0.534. The van der Waals surface area contributed by atoms with Crippen molar-refractivity contribution in [1.29, 1.82) is 0 Å². The third-order valence-electron chi connectivity index (χ3n) is 3.87. The van der Waals surface area contributed by atoms with Gasteiger partial charge in [-0.3, -0.25) is 4.79 Å². The van der Waals surface area contributed by atoms with Crippen LogP contribution in [-0.2, 0) is 12.3 Å². The molecule has 2 nitrogen and oxygen atoms in total. The number of rotatable bonds is 2. The van der Waals surface area contributed by atoms with Gasteiger partial charge in [-0.15, -0.1) is 22.9 Å². The van der Waals surface area contributed by atoms with Crippen molar-refractivity contribution in [2.75, 3.05) is 6.54 Å². The molecule has 0 radical (unpaired) electrons. The van der Waals surface area contributed by atoms with Crippen LogP contribution >= 0.6 is 22.9 Å². The maximum absolute atomic E-state index is 12.7. The van der Waals surface area contributed by atoms with Crippen molar-refractivity contribution in [3.05, 3.63) is 57.3 Å². The molecule has 0 fully saturated rings. The maximum atomic E-state index is 12.7. The van der Waals surface area contributed by atoms with Crippen LogP contribution in [-0.4, -0.2) is 17.4 Å². The van der Waals surface area contributed by atoms with Crippen LogP contribution in [0.3, 0.4) is 0 Å². The minimum absolute atomic E-state index is 0.0984. The predicted octanol–water partition coefficient (Wildman–Crippen LogP) is 4.25. The number of carbonyl (C=O) groups is 1. The van der Waals surface area contributed by atoms with Crippen molar-refractivity contribution in [3.63, 3.8) is 0 Å². The molecule has 0 aliphatic carbocycles. The predicted molar refractivity (Wildman–Crippen MR) is 83.5 cm³/mol. The molecule has 104 valence electrons. The van der Waals surface area contributed by atoms with Crippen molar-refractivity contribution < 1.29 is 4.79 Å². The lowest BCUT2D eigenvalue weighted by Crippen LogP contribution is -2.38. The van der Waals surface area contributed by atoms with E-state index in [1.165, 1.54) is 10.4 Å². The van der Waals surface area contributed by atoms with Crippen molar-refractivity contribution in [3.8, 4) is 0 Å². The lowest BCUT2D eigenvalue weighted by atomic mass is 10.00. The first-order valence-corrected chi connectivity index (χ1v) is 8.14. The van der Waals surface area contributed by atoms with E-state index >= 15 is 0 Å². The summed E-state index contributed by atoms with van der Waals surface area (Å²) in [6.45, 7) is 2.90. The molecule has 0 saturated carbocycles. The van der Waals surface area contributed by atoms with Crippen LogP contribution in [0.15, 0.2) is 35.7 Å². The number of hydrogen-bond donors (Lipinski definition) is 0. The molecule has 1 aromatic carbocycles. The fourth-order valence-corrected chi connectivity index (χ4v) is 3.87. The Hall–Kier alpha value is -1.32. The van der Waals surface area contributed by atoms with Gasteiger partial charge in [0.2, 0.25) is 0 Å². The molecule has 1 aliphatic heterocycles. The van der Waals surface area contributed by atoms with E-state index in [-0.39, 0.29) is 11.9 Å². The molecule has 1 unspecified atom stereocenters. The summed E-state index contributed by atoms with van der Waals surface area (Å²) < 4.78 is 0. The van der Waals surface area contributed by atoms with E-state index in [4.69, 9.17) is 11.6 Å². The van der Waals surface area contributed by atoms with Crippen LogP contribution in [0.25, 0.3) is 0 Å². The van der Waals surface area contributed by atoms with Gasteiger partial charge in [0.25, 0.3) is 5.91 Å². The molecular formula is C16H16ClNOS. The van der Waals surface area contributed by atoms with Crippen LogP contribution in [0.1, 0.15) is 39.3 Å². The van der Waals surface area contributed by atoms with Crippen molar-refractivity contribution in [2.24, 2.45) is 0 Å². The lowest BCUT2D eigenvalue weighted by Gasteiger charge is -2.33. The second kappa shape index (κ2) is 5.58. The Morgan fingerprint density at radius 3 is 3.10 bits per heavy atom. The second-order valence-corrected chi connectivity index (χ2v) is 6.33. The first-order chi connectivity index (χ1) is 9.70. The molecular weight excluding hydrogens is 290 g/mol. The summed E-state index contributed by atoms with van der Waals surface area (Å²) >= 11 is 7.64. The molecule has 1 aromatic heterocycles. The summed E-state index contributed by atoms with van der Waals surface area (Å²) in [5.41, 5.74) is 3.01. The summed E-state index contributed by atoms with van der Waals surface area (Å²) in [7, 11) is 0. The van der Waals surface area contributed by atoms with Gasteiger partial charge in [-0.2, -0.15) is 0 Å². The fourth-order valence-electron chi connectivity index (χ4n) is 2.74. The number of fused-ring (bicyclic) bond motifs is 1. The van der Waals surface area contributed by atoms with Crippen molar-refractivity contribution in [2.45, 2.75) is 25.3 Å². The summed E-state index contributed by atoms with van der Waals surface area (Å²) in [6.07, 6.45) is 0.957. The van der Waals surface area contributed by atoms with Gasteiger partial charge in [-0.05, 0) is 48.1 Å². The zero-order chi connectivity index (χ0) is 14.1. The minimum atomic E-state index is 0.0984. The standard InChI is InChI=1S/C16H16ClNOS/c1-11-14-6-8-20-15(14)5-7-18(11)16(19)13-4-2-3-12(9-13)10-17/h2-4,6,8-9,11H,5,7,10H2,1H3. The third-order valence-corrected chi connectivity index (χ3v) is 5.17. The Labute approximate surface area is 128 Å². The molecule has 0 bridgehead atoms. The van der Waals surface area contributed by atoms with Gasteiger partial charge in [0.1, 0.15) is 0 Å². The van der Waals surface area contributed by atoms with Crippen LogP contribution in [0.4, 0.5) is 0 Å². The van der Waals surface area contributed by atoms with E-state index in [9.17, 15) is 4.79 Å². The number of alkyl halides is 1. The summed E-state index contributed by atoms with van der Waals surface area (Å²) in [5, 5.41) is 2.11. The minimum Gasteiger partial charge on any atom is -0.331 e. The fraction of sp³-hybridized carbons (Fsp3) is 0.312. The average Bonchev–Trinajstić information content (AvgIpc) is 2.96. The molecule has 2 heterocycles. The molecule has 1 atom stereocenters. The largest absolute Gasteiger partial charge is 0.331 e. The zero-order valence-corrected chi connectivity index (χ0v) is 12.9. The third kappa shape index (κ3) is 2.36. The van der Waals surface area contributed by atoms with Gasteiger partial charge >= 0.3 is 0 Å². The number of thiophene rings is 1. The number of amides is 1. The van der Waals surface area contributed by atoms with Gasteiger partial charge < -0.3 is 4.90 Å². The topological polar surface area (TPSA) is 20.3 Å². The average molecular weight is 306 g/mol. The molecule has 0 saturated heterocycles. The molecule has 3 rings (SSSR count). The molecule has 2 aromatic rings. The van der Waals surface area contributed by atoms with E-state index in [2.05, 4.69) is 18.4 Å². The zero-order valence-electron chi connectivity index (χ0n) is 11.3. The number of benzene rings is 1. The van der Waals surface area contributed by atoms with E-state index < -0.39 is 0 Å². The highest BCUT2D eigenvalue weighted by molar-refractivity contribution is 7.10. The van der Waals surface area contributed by atoms with E-state index in [1.807, 2.05) is 29.2 Å². The number of halogens is 1. The monoisotopic (exact) mass is 305 g/mol. The SMILES string of the molecule is CC1c2ccsc2CCN1C(=O)c1cccc(CCl)c1. The van der Waals surface area contributed by atoms with Gasteiger partial charge in [-0.1, -0.05) is 12.1 Å². The lowest BCUT2D eigenvalue weighted by molar-refractivity contribution is 0.0679. The smallest absolute Gasteiger partial charge is 0.254 e. The van der Waals surface area contributed by atoms with Crippen LogP contribution in [0, 0.1) is 0 Å². The van der Waals surface area contributed by atoms with E-state index in [1.54, 1.807) is 11.3 Å². The number of carbonyl (C=O) groups excluding carboxylic acids is 1. The van der Waals surface area contributed by atoms with Gasteiger partial charge in [0, 0.05) is 22.9 Å². The first kappa shape index (κ1) is 13.7. The number of nitrogens with zero attached hydrogens (tertiary/aromatic N) is 1. The molecule has 4 heteroatoms. The van der Waals surface area contributed by atoms with Gasteiger partial charge in [0.05, 0.1) is 6.04 Å². The highest BCUT2D eigenvalue weighted by Crippen LogP contribution is 2.33. The van der Waals surface area contributed by atoms with Crippen LogP contribution in [0.5, 0.6) is 0 Å². The second-order valence-electron chi connectivity index (χ2n) is 5.06. The molecule has 0 spiro atoms. The Kier molecular flexibility index (Phi) is 3.81. The van der Waals surface area contributed by atoms with E-state index in [0.717, 1.165) is 24.1 Å². The Morgan fingerprint density at radius 1 is 1.45 bits per heavy atom. The first-order valence-electron chi connectivity index (χ1n) is 6.73. The maximum Gasteiger partial charge on any atom is 0.254 e. The summed E-state index contributed by atoms with van der Waals surface area (Å²) in [4.78, 5) is 16.1.